The van der Waals surface area contributed by atoms with Gasteiger partial charge in [-0.2, -0.15) is 0 Å². The summed E-state index contributed by atoms with van der Waals surface area (Å²) in [5.74, 6) is 0.404. The summed E-state index contributed by atoms with van der Waals surface area (Å²) in [6.07, 6.45) is 1.46. The molecule has 1 amide bonds. The normalized spacial score (nSPS) is 10.4. The molecular weight excluding hydrogens is 402 g/mol. The second-order valence-corrected chi connectivity index (χ2v) is 7.14. The number of thioether (sulfide) groups is 1. The summed E-state index contributed by atoms with van der Waals surface area (Å²) in [5.41, 5.74) is 1.36. The lowest BCUT2D eigenvalue weighted by Crippen LogP contribution is -2.10. The molecule has 0 saturated carbocycles. The predicted molar refractivity (Wildman–Crippen MR) is 102 cm³/mol. The fraction of sp³-hybridized carbons (Fsp3) is 0.0526. The number of anilines is 1. The number of Topliss-reactive ketones (excluding diaryl/α,β-unsaturated/α-hetero) is 1. The van der Waals surface area contributed by atoms with Crippen LogP contribution in [-0.4, -0.2) is 17.4 Å². The van der Waals surface area contributed by atoms with Gasteiger partial charge in [-0.25, -0.2) is 0 Å². The maximum atomic E-state index is 12.2. The lowest BCUT2D eigenvalue weighted by Gasteiger charge is -2.05. The molecule has 0 spiro atoms. The molecule has 0 bridgehead atoms. The molecule has 3 aromatic rings. The molecule has 0 aliphatic heterocycles. The Balaban J connectivity index is 1.54. The summed E-state index contributed by atoms with van der Waals surface area (Å²) in [7, 11) is 0. The summed E-state index contributed by atoms with van der Waals surface area (Å²) in [4.78, 5) is 25.0. The van der Waals surface area contributed by atoms with Gasteiger partial charge in [0.25, 0.3) is 5.91 Å². The lowest BCUT2D eigenvalue weighted by atomic mass is 10.2. The van der Waals surface area contributed by atoms with Crippen molar-refractivity contribution in [2.75, 3.05) is 11.1 Å². The van der Waals surface area contributed by atoms with E-state index in [-0.39, 0.29) is 17.5 Å². The monoisotopic (exact) mass is 415 g/mol. The molecule has 0 unspecified atom stereocenters. The van der Waals surface area contributed by atoms with Crippen molar-refractivity contribution >= 4 is 45.1 Å². The molecule has 1 heterocycles. The summed E-state index contributed by atoms with van der Waals surface area (Å²) >= 11 is 4.81. The van der Waals surface area contributed by atoms with Gasteiger partial charge in [-0.1, -0.05) is 28.1 Å². The van der Waals surface area contributed by atoms with Crippen molar-refractivity contribution in [3.05, 3.63) is 82.7 Å². The van der Waals surface area contributed by atoms with Crippen LogP contribution in [0, 0.1) is 0 Å². The van der Waals surface area contributed by atoms with Crippen molar-refractivity contribution < 1.29 is 14.0 Å². The van der Waals surface area contributed by atoms with Gasteiger partial charge in [0.2, 0.25) is 0 Å². The van der Waals surface area contributed by atoms with Gasteiger partial charge in [-0.05, 0) is 48.5 Å². The Kier molecular flexibility index (Phi) is 5.73. The Labute approximate surface area is 157 Å². The number of ketones is 1. The molecule has 3 rings (SSSR count). The first kappa shape index (κ1) is 17.5. The second-order valence-electron chi connectivity index (χ2n) is 5.17. The zero-order valence-electron chi connectivity index (χ0n) is 13.1. The van der Waals surface area contributed by atoms with Crippen molar-refractivity contribution in [3.63, 3.8) is 0 Å². The van der Waals surface area contributed by atoms with E-state index in [1.54, 1.807) is 36.4 Å². The van der Waals surface area contributed by atoms with Crippen molar-refractivity contribution in [1.82, 2.24) is 0 Å². The van der Waals surface area contributed by atoms with Gasteiger partial charge in [0, 0.05) is 20.6 Å². The first-order chi connectivity index (χ1) is 12.1. The number of amides is 1. The van der Waals surface area contributed by atoms with Crippen molar-refractivity contribution in [2.45, 2.75) is 4.90 Å². The number of furan rings is 1. The van der Waals surface area contributed by atoms with Crippen LogP contribution in [-0.2, 0) is 0 Å². The number of hydrogen-bond donors (Lipinski definition) is 1. The number of halogens is 1. The quantitative estimate of drug-likeness (QED) is 0.439. The molecule has 126 valence electrons. The van der Waals surface area contributed by atoms with Crippen molar-refractivity contribution in [3.8, 4) is 0 Å². The van der Waals surface area contributed by atoms with Crippen LogP contribution in [0.1, 0.15) is 20.9 Å². The average Bonchev–Trinajstić information content (AvgIpc) is 3.16. The Hall–Kier alpha value is -2.31. The number of rotatable bonds is 6. The maximum Gasteiger partial charge on any atom is 0.291 e. The molecule has 4 nitrogen and oxygen atoms in total. The van der Waals surface area contributed by atoms with Gasteiger partial charge < -0.3 is 9.73 Å². The summed E-state index contributed by atoms with van der Waals surface area (Å²) in [5, 5.41) is 2.75. The third-order valence-electron chi connectivity index (χ3n) is 3.39. The third kappa shape index (κ3) is 4.84. The predicted octanol–water partition coefficient (Wildman–Crippen LogP) is 5.27. The second kappa shape index (κ2) is 8.18. The Morgan fingerprint density at radius 2 is 1.72 bits per heavy atom. The van der Waals surface area contributed by atoms with Crippen LogP contribution in [0.3, 0.4) is 0 Å². The van der Waals surface area contributed by atoms with Crippen LogP contribution in [0.4, 0.5) is 5.69 Å². The van der Waals surface area contributed by atoms with Crippen LogP contribution in [0.15, 0.2) is 80.7 Å². The minimum atomic E-state index is -0.296. The molecule has 1 N–H and O–H groups in total. The molecule has 0 aliphatic carbocycles. The molecule has 1 aromatic heterocycles. The highest BCUT2D eigenvalue weighted by molar-refractivity contribution is 9.10. The molecule has 0 radical (unpaired) electrons. The van der Waals surface area contributed by atoms with E-state index in [0.29, 0.717) is 17.0 Å². The van der Waals surface area contributed by atoms with Crippen molar-refractivity contribution in [1.29, 1.82) is 0 Å². The van der Waals surface area contributed by atoms with Crippen LogP contribution < -0.4 is 5.32 Å². The third-order valence-corrected chi connectivity index (χ3v) is 4.93. The highest BCUT2D eigenvalue weighted by Crippen LogP contribution is 2.22. The van der Waals surface area contributed by atoms with Gasteiger partial charge >= 0.3 is 0 Å². The van der Waals surface area contributed by atoms with E-state index >= 15 is 0 Å². The largest absolute Gasteiger partial charge is 0.459 e. The fourth-order valence-electron chi connectivity index (χ4n) is 2.10. The smallest absolute Gasteiger partial charge is 0.291 e. The van der Waals surface area contributed by atoms with E-state index in [4.69, 9.17) is 4.42 Å². The van der Waals surface area contributed by atoms with Gasteiger partial charge in [0.15, 0.2) is 11.5 Å². The molecule has 0 fully saturated rings. The molecule has 0 saturated heterocycles. The zero-order valence-corrected chi connectivity index (χ0v) is 15.5. The van der Waals surface area contributed by atoms with Crippen LogP contribution in [0.2, 0.25) is 0 Å². The number of carbonyl (C=O) groups is 2. The molecule has 0 atom stereocenters. The first-order valence-corrected chi connectivity index (χ1v) is 9.26. The van der Waals surface area contributed by atoms with Crippen LogP contribution >= 0.6 is 27.7 Å². The van der Waals surface area contributed by atoms with Crippen molar-refractivity contribution in [2.24, 2.45) is 0 Å². The van der Waals surface area contributed by atoms with Gasteiger partial charge in [-0.15, -0.1) is 11.8 Å². The van der Waals surface area contributed by atoms with E-state index < -0.39 is 0 Å². The average molecular weight is 416 g/mol. The van der Waals surface area contributed by atoms with E-state index in [9.17, 15) is 9.59 Å². The van der Waals surface area contributed by atoms with E-state index in [1.165, 1.54) is 18.0 Å². The van der Waals surface area contributed by atoms with Gasteiger partial charge in [0.05, 0.1) is 12.0 Å². The fourth-order valence-corrected chi connectivity index (χ4v) is 3.16. The summed E-state index contributed by atoms with van der Waals surface area (Å²) in [6.45, 7) is 0. The molecular formula is C19H14BrNO3S. The first-order valence-electron chi connectivity index (χ1n) is 7.48. The molecule has 6 heteroatoms. The Morgan fingerprint density at radius 3 is 2.36 bits per heavy atom. The molecule has 2 aromatic carbocycles. The van der Waals surface area contributed by atoms with E-state index in [2.05, 4.69) is 21.2 Å². The molecule has 0 aliphatic rings. The van der Waals surface area contributed by atoms with Crippen LogP contribution in [0.5, 0.6) is 0 Å². The highest BCUT2D eigenvalue weighted by atomic mass is 79.9. The van der Waals surface area contributed by atoms with E-state index in [0.717, 1.165) is 9.37 Å². The summed E-state index contributed by atoms with van der Waals surface area (Å²) < 4.78 is 6.00. The highest BCUT2D eigenvalue weighted by Gasteiger charge is 2.09. The maximum absolute atomic E-state index is 12.2. The number of hydrogen-bond acceptors (Lipinski definition) is 4. The molecule has 25 heavy (non-hydrogen) atoms. The van der Waals surface area contributed by atoms with E-state index in [1.807, 2.05) is 24.3 Å². The Morgan fingerprint density at radius 1 is 1.00 bits per heavy atom. The summed E-state index contributed by atoms with van der Waals surface area (Å²) in [6, 6.07) is 17.9. The SMILES string of the molecule is O=C(CSc1ccc(NC(=O)c2ccco2)cc1)c1ccc(Br)cc1. The number of benzene rings is 2. The topological polar surface area (TPSA) is 59.3 Å². The van der Waals surface area contributed by atoms with Crippen LogP contribution in [0.25, 0.3) is 0 Å². The minimum absolute atomic E-state index is 0.0766. The standard InChI is InChI=1S/C19H14BrNO3S/c20-14-5-3-13(4-6-14)17(22)12-25-16-9-7-15(8-10-16)21-19(23)18-2-1-11-24-18/h1-11H,12H2,(H,21,23). The Bertz CT molecular complexity index is 859. The number of nitrogens with one attached hydrogen (secondary N) is 1. The van der Waals surface area contributed by atoms with Gasteiger partial charge in [0.1, 0.15) is 0 Å². The van der Waals surface area contributed by atoms with Gasteiger partial charge in [-0.3, -0.25) is 9.59 Å². The number of carbonyl (C=O) groups excluding carboxylic acids is 2. The minimum Gasteiger partial charge on any atom is -0.459 e. The zero-order chi connectivity index (χ0) is 17.6. The lowest BCUT2D eigenvalue weighted by molar-refractivity contribution is 0.0994.